The van der Waals surface area contributed by atoms with E-state index in [1.807, 2.05) is 0 Å². The number of hydrogen-bond acceptors (Lipinski definition) is 2. The SMILES string of the molecule is CCN1CC2(CCN(C)CC2)c2ccccc21. The van der Waals surface area contributed by atoms with E-state index in [0.717, 1.165) is 6.54 Å². The van der Waals surface area contributed by atoms with Gasteiger partial charge in [0.15, 0.2) is 0 Å². The molecule has 17 heavy (non-hydrogen) atoms. The zero-order valence-electron chi connectivity index (χ0n) is 10.9. The first kappa shape index (κ1) is 11.1. The predicted molar refractivity (Wildman–Crippen MR) is 72.7 cm³/mol. The lowest BCUT2D eigenvalue weighted by molar-refractivity contribution is 0.197. The van der Waals surface area contributed by atoms with Gasteiger partial charge in [0.1, 0.15) is 0 Å². The average molecular weight is 230 g/mol. The van der Waals surface area contributed by atoms with Crippen molar-refractivity contribution >= 4 is 5.69 Å². The fourth-order valence-corrected chi connectivity index (χ4v) is 3.49. The topological polar surface area (TPSA) is 6.48 Å². The quantitative estimate of drug-likeness (QED) is 0.731. The van der Waals surface area contributed by atoms with Crippen LogP contribution in [-0.2, 0) is 5.41 Å². The fourth-order valence-electron chi connectivity index (χ4n) is 3.49. The van der Waals surface area contributed by atoms with Crippen LogP contribution in [0.2, 0.25) is 0 Å². The third-order valence-corrected chi connectivity index (χ3v) is 4.64. The summed E-state index contributed by atoms with van der Waals surface area (Å²) in [4.78, 5) is 5.02. The van der Waals surface area contributed by atoms with E-state index in [9.17, 15) is 0 Å². The van der Waals surface area contributed by atoms with Crippen molar-refractivity contribution < 1.29 is 0 Å². The van der Waals surface area contributed by atoms with Gasteiger partial charge in [0.05, 0.1) is 0 Å². The normalized spacial score (nSPS) is 23.1. The van der Waals surface area contributed by atoms with Crippen molar-refractivity contribution in [3.8, 4) is 0 Å². The Morgan fingerprint density at radius 3 is 2.59 bits per heavy atom. The predicted octanol–water partition coefficient (Wildman–Crippen LogP) is 2.49. The molecular formula is C15H22N2. The number of piperidine rings is 1. The molecule has 1 aromatic rings. The van der Waals surface area contributed by atoms with E-state index in [-0.39, 0.29) is 0 Å². The summed E-state index contributed by atoms with van der Waals surface area (Å²) in [5.41, 5.74) is 3.54. The summed E-state index contributed by atoms with van der Waals surface area (Å²) < 4.78 is 0. The van der Waals surface area contributed by atoms with Crippen LogP contribution in [0.5, 0.6) is 0 Å². The smallest absolute Gasteiger partial charge is 0.0405 e. The Kier molecular flexibility index (Phi) is 2.62. The Morgan fingerprint density at radius 1 is 1.18 bits per heavy atom. The largest absolute Gasteiger partial charge is 0.371 e. The molecule has 1 saturated heterocycles. The summed E-state index contributed by atoms with van der Waals surface area (Å²) in [6.45, 7) is 7.12. The van der Waals surface area contributed by atoms with Crippen LogP contribution in [-0.4, -0.2) is 38.1 Å². The number of hydrogen-bond donors (Lipinski definition) is 0. The van der Waals surface area contributed by atoms with E-state index in [4.69, 9.17) is 0 Å². The van der Waals surface area contributed by atoms with Crippen LogP contribution >= 0.6 is 0 Å². The molecule has 1 spiro atoms. The van der Waals surface area contributed by atoms with Crippen LogP contribution in [0, 0.1) is 0 Å². The van der Waals surface area contributed by atoms with Crippen molar-refractivity contribution in [3.63, 3.8) is 0 Å². The molecular weight excluding hydrogens is 208 g/mol. The summed E-state index contributed by atoms with van der Waals surface area (Å²) in [5, 5.41) is 0. The lowest BCUT2D eigenvalue weighted by Gasteiger charge is -2.38. The van der Waals surface area contributed by atoms with Crippen LogP contribution in [0.15, 0.2) is 24.3 Å². The molecule has 2 aliphatic rings. The van der Waals surface area contributed by atoms with Crippen molar-refractivity contribution in [2.75, 3.05) is 38.1 Å². The van der Waals surface area contributed by atoms with Gasteiger partial charge in [-0.2, -0.15) is 0 Å². The second-order valence-corrected chi connectivity index (χ2v) is 5.61. The number of likely N-dealkylation sites (N-methyl/N-ethyl adjacent to an activating group) is 1. The van der Waals surface area contributed by atoms with Crippen molar-refractivity contribution in [1.29, 1.82) is 0 Å². The number of nitrogens with zero attached hydrogens (tertiary/aromatic N) is 2. The van der Waals surface area contributed by atoms with Crippen molar-refractivity contribution in [2.45, 2.75) is 25.2 Å². The van der Waals surface area contributed by atoms with Gasteiger partial charge in [0, 0.05) is 24.2 Å². The number of benzene rings is 1. The molecule has 2 heteroatoms. The average Bonchev–Trinajstić information content (AvgIpc) is 2.68. The number of rotatable bonds is 1. The zero-order chi connectivity index (χ0) is 11.9. The summed E-state index contributed by atoms with van der Waals surface area (Å²) >= 11 is 0. The van der Waals surface area contributed by atoms with Crippen LogP contribution in [0.4, 0.5) is 5.69 Å². The second kappa shape index (κ2) is 4.02. The molecule has 0 bridgehead atoms. The van der Waals surface area contributed by atoms with E-state index in [0.29, 0.717) is 5.41 Å². The third kappa shape index (κ3) is 1.66. The summed E-state index contributed by atoms with van der Waals surface area (Å²) in [5.74, 6) is 0. The first-order valence-electron chi connectivity index (χ1n) is 6.78. The highest BCUT2D eigenvalue weighted by Crippen LogP contribution is 2.46. The van der Waals surface area contributed by atoms with Gasteiger partial charge in [-0.05, 0) is 51.5 Å². The Hall–Kier alpha value is -1.02. The molecule has 2 aliphatic heterocycles. The molecule has 0 aliphatic carbocycles. The molecule has 1 aromatic carbocycles. The molecule has 0 unspecified atom stereocenters. The van der Waals surface area contributed by atoms with Crippen molar-refractivity contribution in [3.05, 3.63) is 29.8 Å². The number of anilines is 1. The molecule has 92 valence electrons. The Bertz CT molecular complexity index is 405. The Balaban J connectivity index is 1.98. The molecule has 0 radical (unpaired) electrons. The highest BCUT2D eigenvalue weighted by Gasteiger charge is 2.43. The minimum absolute atomic E-state index is 0.444. The van der Waals surface area contributed by atoms with E-state index < -0.39 is 0 Å². The number of para-hydroxylation sites is 1. The van der Waals surface area contributed by atoms with Gasteiger partial charge in [-0.1, -0.05) is 18.2 Å². The van der Waals surface area contributed by atoms with Gasteiger partial charge in [-0.25, -0.2) is 0 Å². The van der Waals surface area contributed by atoms with E-state index in [1.54, 1.807) is 5.56 Å². The molecule has 0 N–H and O–H groups in total. The molecule has 1 fully saturated rings. The lowest BCUT2D eigenvalue weighted by Crippen LogP contribution is -2.43. The summed E-state index contributed by atoms with van der Waals surface area (Å²) in [6, 6.07) is 9.04. The van der Waals surface area contributed by atoms with Gasteiger partial charge in [0.2, 0.25) is 0 Å². The Labute approximate surface area is 104 Å². The maximum Gasteiger partial charge on any atom is 0.0405 e. The van der Waals surface area contributed by atoms with Crippen LogP contribution in [0.3, 0.4) is 0 Å². The highest BCUT2D eigenvalue weighted by molar-refractivity contribution is 5.62. The second-order valence-electron chi connectivity index (χ2n) is 5.61. The van der Waals surface area contributed by atoms with Gasteiger partial charge in [-0.15, -0.1) is 0 Å². The first-order valence-corrected chi connectivity index (χ1v) is 6.78. The first-order chi connectivity index (χ1) is 8.25. The fraction of sp³-hybridized carbons (Fsp3) is 0.600. The summed E-state index contributed by atoms with van der Waals surface area (Å²) in [7, 11) is 2.24. The van der Waals surface area contributed by atoms with Crippen LogP contribution in [0.1, 0.15) is 25.3 Å². The third-order valence-electron chi connectivity index (χ3n) is 4.64. The molecule has 2 nitrogen and oxygen atoms in total. The van der Waals surface area contributed by atoms with Gasteiger partial charge in [-0.3, -0.25) is 0 Å². The number of likely N-dealkylation sites (tertiary alicyclic amines) is 1. The molecule has 3 rings (SSSR count). The standard InChI is InChI=1S/C15H22N2/c1-3-17-12-15(8-10-16(2)11-9-15)13-6-4-5-7-14(13)17/h4-7H,3,8-12H2,1-2H3. The molecule has 0 saturated carbocycles. The van der Waals surface area contributed by atoms with Gasteiger partial charge in [0.25, 0.3) is 0 Å². The zero-order valence-corrected chi connectivity index (χ0v) is 10.9. The van der Waals surface area contributed by atoms with Crippen molar-refractivity contribution in [2.24, 2.45) is 0 Å². The minimum Gasteiger partial charge on any atom is -0.371 e. The van der Waals surface area contributed by atoms with E-state index >= 15 is 0 Å². The van der Waals surface area contributed by atoms with Crippen LogP contribution < -0.4 is 4.90 Å². The van der Waals surface area contributed by atoms with Crippen molar-refractivity contribution in [1.82, 2.24) is 4.90 Å². The van der Waals surface area contributed by atoms with E-state index in [2.05, 4.69) is 48.0 Å². The van der Waals surface area contributed by atoms with Gasteiger partial charge >= 0.3 is 0 Å². The molecule has 0 atom stereocenters. The highest BCUT2D eigenvalue weighted by atomic mass is 15.2. The minimum atomic E-state index is 0.444. The Morgan fingerprint density at radius 2 is 1.88 bits per heavy atom. The molecule has 0 aromatic heterocycles. The van der Waals surface area contributed by atoms with Crippen LogP contribution in [0.25, 0.3) is 0 Å². The monoisotopic (exact) mass is 230 g/mol. The van der Waals surface area contributed by atoms with E-state index in [1.165, 1.54) is 38.2 Å². The maximum atomic E-state index is 2.56. The lowest BCUT2D eigenvalue weighted by atomic mass is 9.74. The molecule has 2 heterocycles. The maximum absolute atomic E-state index is 2.56. The number of fused-ring (bicyclic) bond motifs is 2. The van der Waals surface area contributed by atoms with Gasteiger partial charge < -0.3 is 9.80 Å². The summed E-state index contributed by atoms with van der Waals surface area (Å²) in [6.07, 6.45) is 2.63. The molecule has 0 amide bonds.